The summed E-state index contributed by atoms with van der Waals surface area (Å²) in [5, 5.41) is 3.56. The van der Waals surface area contributed by atoms with Crippen molar-refractivity contribution in [1.29, 1.82) is 0 Å². The van der Waals surface area contributed by atoms with Crippen LogP contribution in [0.5, 0.6) is 0 Å². The van der Waals surface area contributed by atoms with Crippen LogP contribution in [0, 0.1) is 5.92 Å². The lowest BCUT2D eigenvalue weighted by Gasteiger charge is -2.20. The Kier molecular flexibility index (Phi) is 4.81. The van der Waals surface area contributed by atoms with E-state index in [-0.39, 0.29) is 17.7 Å². The number of halogens is 1. The number of benzene rings is 1. The maximum atomic E-state index is 11.9. The predicted molar refractivity (Wildman–Crippen MR) is 67.7 cm³/mol. The van der Waals surface area contributed by atoms with Gasteiger partial charge in [-0.05, 0) is 30.5 Å². The second-order valence-electron chi connectivity index (χ2n) is 4.17. The van der Waals surface area contributed by atoms with Crippen molar-refractivity contribution < 1.29 is 4.79 Å². The van der Waals surface area contributed by atoms with Gasteiger partial charge in [0, 0.05) is 11.6 Å². The number of hydrogen-bond donors (Lipinski definition) is 1. The van der Waals surface area contributed by atoms with Crippen LogP contribution >= 0.6 is 11.6 Å². The molecule has 0 saturated carbocycles. The van der Waals surface area contributed by atoms with Crippen LogP contribution in [0.25, 0.3) is 0 Å². The monoisotopic (exact) mass is 239 g/mol. The lowest BCUT2D eigenvalue weighted by atomic mass is 9.88. The number of rotatable bonds is 4. The van der Waals surface area contributed by atoms with Crippen molar-refractivity contribution in [3.63, 3.8) is 0 Å². The van der Waals surface area contributed by atoms with Gasteiger partial charge in [0.2, 0.25) is 5.91 Å². The Morgan fingerprint density at radius 3 is 2.31 bits per heavy atom. The molecule has 0 bridgehead atoms. The molecule has 3 heteroatoms. The molecule has 0 aliphatic rings. The zero-order chi connectivity index (χ0) is 12.1. The van der Waals surface area contributed by atoms with Crippen LogP contribution in [0.4, 0.5) is 0 Å². The van der Waals surface area contributed by atoms with Crippen molar-refractivity contribution in [2.24, 2.45) is 5.92 Å². The van der Waals surface area contributed by atoms with Crippen molar-refractivity contribution in [2.75, 3.05) is 6.54 Å². The normalized spacial score (nSPS) is 12.6. The Morgan fingerprint density at radius 1 is 1.31 bits per heavy atom. The van der Waals surface area contributed by atoms with Gasteiger partial charge in [-0.15, -0.1) is 0 Å². The molecule has 0 fully saturated rings. The summed E-state index contributed by atoms with van der Waals surface area (Å²) < 4.78 is 0. The fraction of sp³-hybridized carbons (Fsp3) is 0.462. The summed E-state index contributed by atoms with van der Waals surface area (Å²) in [6.45, 7) is 6.69. The van der Waals surface area contributed by atoms with Gasteiger partial charge in [0.25, 0.3) is 0 Å². The quantitative estimate of drug-likeness (QED) is 0.859. The van der Waals surface area contributed by atoms with E-state index in [4.69, 9.17) is 11.6 Å². The molecule has 1 rings (SSSR count). The molecule has 1 aromatic rings. The van der Waals surface area contributed by atoms with Crippen LogP contribution < -0.4 is 5.32 Å². The SMILES string of the molecule is CCNC(=O)[C@H](c1ccc(Cl)cc1)C(C)C. The topological polar surface area (TPSA) is 29.1 Å². The Balaban J connectivity index is 2.93. The molecule has 0 aliphatic carbocycles. The average Bonchev–Trinajstić information content (AvgIpc) is 2.21. The fourth-order valence-electron chi connectivity index (χ4n) is 1.79. The lowest BCUT2D eigenvalue weighted by molar-refractivity contribution is -0.123. The third-order valence-corrected chi connectivity index (χ3v) is 2.78. The van der Waals surface area contributed by atoms with Crippen LogP contribution in [-0.2, 0) is 4.79 Å². The van der Waals surface area contributed by atoms with Crippen molar-refractivity contribution in [3.05, 3.63) is 34.9 Å². The van der Waals surface area contributed by atoms with Gasteiger partial charge in [-0.2, -0.15) is 0 Å². The Bertz CT molecular complexity index is 345. The molecular formula is C13H18ClNO. The highest BCUT2D eigenvalue weighted by molar-refractivity contribution is 6.30. The smallest absolute Gasteiger partial charge is 0.227 e. The number of carbonyl (C=O) groups is 1. The summed E-state index contributed by atoms with van der Waals surface area (Å²) in [5.74, 6) is 0.254. The second-order valence-corrected chi connectivity index (χ2v) is 4.60. The minimum absolute atomic E-state index is 0.0832. The summed E-state index contributed by atoms with van der Waals surface area (Å²) in [7, 11) is 0. The van der Waals surface area contributed by atoms with E-state index in [9.17, 15) is 4.79 Å². The van der Waals surface area contributed by atoms with E-state index in [2.05, 4.69) is 19.2 Å². The molecule has 0 heterocycles. The predicted octanol–water partition coefficient (Wildman–Crippen LogP) is 3.22. The molecule has 1 N–H and O–H groups in total. The average molecular weight is 240 g/mol. The van der Waals surface area contributed by atoms with E-state index < -0.39 is 0 Å². The van der Waals surface area contributed by atoms with Crippen molar-refractivity contribution in [2.45, 2.75) is 26.7 Å². The van der Waals surface area contributed by atoms with Gasteiger partial charge in [0.15, 0.2) is 0 Å². The summed E-state index contributed by atoms with van der Waals surface area (Å²) >= 11 is 5.84. The van der Waals surface area contributed by atoms with E-state index in [0.717, 1.165) is 5.56 Å². The molecule has 0 radical (unpaired) electrons. The largest absolute Gasteiger partial charge is 0.356 e. The van der Waals surface area contributed by atoms with Gasteiger partial charge >= 0.3 is 0 Å². The van der Waals surface area contributed by atoms with Gasteiger partial charge in [0.05, 0.1) is 5.92 Å². The van der Waals surface area contributed by atoms with Gasteiger partial charge in [-0.25, -0.2) is 0 Å². The van der Waals surface area contributed by atoms with E-state index in [1.54, 1.807) is 0 Å². The molecule has 0 spiro atoms. The van der Waals surface area contributed by atoms with Crippen LogP contribution in [0.15, 0.2) is 24.3 Å². The molecule has 2 nitrogen and oxygen atoms in total. The summed E-state index contributed by atoms with van der Waals surface area (Å²) in [6.07, 6.45) is 0. The van der Waals surface area contributed by atoms with Crippen molar-refractivity contribution in [1.82, 2.24) is 5.32 Å². The fourth-order valence-corrected chi connectivity index (χ4v) is 1.92. The van der Waals surface area contributed by atoms with Crippen LogP contribution in [0.3, 0.4) is 0 Å². The van der Waals surface area contributed by atoms with Crippen molar-refractivity contribution >= 4 is 17.5 Å². The van der Waals surface area contributed by atoms with Gasteiger partial charge in [-0.1, -0.05) is 37.6 Å². The lowest BCUT2D eigenvalue weighted by Crippen LogP contribution is -2.31. The molecule has 0 aliphatic heterocycles. The van der Waals surface area contributed by atoms with Gasteiger partial charge in [-0.3, -0.25) is 4.79 Å². The minimum atomic E-state index is -0.0998. The molecule has 1 atom stereocenters. The molecule has 0 unspecified atom stereocenters. The first-order valence-electron chi connectivity index (χ1n) is 5.59. The number of hydrogen-bond acceptors (Lipinski definition) is 1. The van der Waals surface area contributed by atoms with Gasteiger partial charge < -0.3 is 5.32 Å². The molecule has 1 aromatic carbocycles. The number of amides is 1. The van der Waals surface area contributed by atoms with E-state index >= 15 is 0 Å². The van der Waals surface area contributed by atoms with Crippen LogP contribution in [-0.4, -0.2) is 12.5 Å². The highest BCUT2D eigenvalue weighted by Crippen LogP contribution is 2.25. The van der Waals surface area contributed by atoms with Crippen LogP contribution in [0.1, 0.15) is 32.3 Å². The molecule has 88 valence electrons. The van der Waals surface area contributed by atoms with E-state index in [0.29, 0.717) is 11.6 Å². The Labute approximate surface area is 102 Å². The first-order valence-corrected chi connectivity index (χ1v) is 5.97. The molecule has 1 amide bonds. The standard InChI is InChI=1S/C13H18ClNO/c1-4-15-13(16)12(9(2)3)10-5-7-11(14)8-6-10/h5-9,12H,4H2,1-3H3,(H,15,16)/t12-/m0/s1. The summed E-state index contributed by atoms with van der Waals surface area (Å²) in [6, 6.07) is 7.49. The highest BCUT2D eigenvalue weighted by Gasteiger charge is 2.23. The third kappa shape index (κ3) is 3.24. The first kappa shape index (κ1) is 13.0. The summed E-state index contributed by atoms with van der Waals surface area (Å²) in [5.41, 5.74) is 1.02. The zero-order valence-electron chi connectivity index (χ0n) is 9.96. The Morgan fingerprint density at radius 2 is 1.88 bits per heavy atom. The van der Waals surface area contributed by atoms with E-state index in [1.165, 1.54) is 0 Å². The molecule has 16 heavy (non-hydrogen) atoms. The highest BCUT2D eigenvalue weighted by atomic mass is 35.5. The van der Waals surface area contributed by atoms with E-state index in [1.807, 2.05) is 31.2 Å². The molecular weight excluding hydrogens is 222 g/mol. The maximum Gasteiger partial charge on any atom is 0.227 e. The Hall–Kier alpha value is -1.02. The van der Waals surface area contributed by atoms with Crippen LogP contribution in [0.2, 0.25) is 5.02 Å². The second kappa shape index (κ2) is 5.90. The molecule has 0 aromatic heterocycles. The zero-order valence-corrected chi connectivity index (χ0v) is 10.7. The number of carbonyl (C=O) groups excluding carboxylic acids is 1. The number of nitrogens with one attached hydrogen (secondary N) is 1. The first-order chi connectivity index (χ1) is 7.56. The van der Waals surface area contributed by atoms with Gasteiger partial charge in [0.1, 0.15) is 0 Å². The number of likely N-dealkylation sites (N-methyl/N-ethyl adjacent to an activating group) is 1. The molecule has 0 saturated heterocycles. The minimum Gasteiger partial charge on any atom is -0.356 e. The maximum absolute atomic E-state index is 11.9. The summed E-state index contributed by atoms with van der Waals surface area (Å²) in [4.78, 5) is 11.9. The third-order valence-electron chi connectivity index (χ3n) is 2.53. The van der Waals surface area contributed by atoms with Crippen molar-refractivity contribution in [3.8, 4) is 0 Å².